The van der Waals surface area contributed by atoms with Crippen molar-refractivity contribution in [3.8, 4) is 0 Å². The van der Waals surface area contributed by atoms with Crippen molar-refractivity contribution in [2.75, 3.05) is 44.4 Å². The van der Waals surface area contributed by atoms with Gasteiger partial charge in [0.2, 0.25) is 0 Å². The van der Waals surface area contributed by atoms with Crippen LogP contribution >= 0.6 is 0 Å². The van der Waals surface area contributed by atoms with Crippen LogP contribution in [0.1, 0.15) is 12.8 Å². The summed E-state index contributed by atoms with van der Waals surface area (Å²) in [5.74, 6) is 1.86. The van der Waals surface area contributed by atoms with Gasteiger partial charge in [-0.1, -0.05) is 0 Å². The van der Waals surface area contributed by atoms with Gasteiger partial charge >= 0.3 is 0 Å². The summed E-state index contributed by atoms with van der Waals surface area (Å²) in [6.07, 6.45) is 4.11. The van der Waals surface area contributed by atoms with Crippen LogP contribution in [0.2, 0.25) is 0 Å². The quantitative estimate of drug-likeness (QED) is 0.848. The van der Waals surface area contributed by atoms with E-state index in [9.17, 15) is 0 Å². The summed E-state index contributed by atoms with van der Waals surface area (Å²) in [6, 6.07) is 2.54. The number of rotatable bonds is 3. The Morgan fingerprint density at radius 2 is 2.29 bits per heavy atom. The first-order valence-electron chi connectivity index (χ1n) is 6.12. The average molecular weight is 235 g/mol. The Morgan fingerprint density at radius 1 is 1.47 bits per heavy atom. The van der Waals surface area contributed by atoms with Crippen LogP contribution in [-0.4, -0.2) is 55.1 Å². The van der Waals surface area contributed by atoms with E-state index in [0.717, 1.165) is 18.2 Å². The van der Waals surface area contributed by atoms with Gasteiger partial charge in [0, 0.05) is 32.7 Å². The lowest BCUT2D eigenvalue weighted by Crippen LogP contribution is -2.45. The van der Waals surface area contributed by atoms with Gasteiger partial charge in [-0.2, -0.15) is 0 Å². The molecule has 1 N–H and O–H groups in total. The molecule has 0 aromatic carbocycles. The van der Waals surface area contributed by atoms with Crippen LogP contribution in [0.5, 0.6) is 0 Å². The molecule has 1 aliphatic heterocycles. The minimum Gasteiger partial charge on any atom is -0.373 e. The molecule has 0 amide bonds. The standard InChI is InChI=1S/C12H21N5/c1-13-11-7-12(15-9-14-11)17(3)10-5-4-6-16(2)8-10/h7,9-10H,4-6,8H2,1-3H3,(H,13,14,15). The zero-order chi connectivity index (χ0) is 12.3. The van der Waals surface area contributed by atoms with Gasteiger partial charge in [0.1, 0.15) is 18.0 Å². The van der Waals surface area contributed by atoms with Crippen molar-refractivity contribution in [1.29, 1.82) is 0 Å². The van der Waals surface area contributed by atoms with E-state index in [1.807, 2.05) is 13.1 Å². The van der Waals surface area contributed by atoms with Crippen LogP contribution in [0.15, 0.2) is 12.4 Å². The summed E-state index contributed by atoms with van der Waals surface area (Å²) in [7, 11) is 6.17. The van der Waals surface area contributed by atoms with Crippen molar-refractivity contribution in [3.05, 3.63) is 12.4 Å². The Morgan fingerprint density at radius 3 is 3.00 bits per heavy atom. The van der Waals surface area contributed by atoms with Gasteiger partial charge in [0.15, 0.2) is 0 Å². The van der Waals surface area contributed by atoms with Crippen LogP contribution < -0.4 is 10.2 Å². The third-order valence-corrected chi connectivity index (χ3v) is 3.42. The zero-order valence-electron chi connectivity index (χ0n) is 10.8. The van der Waals surface area contributed by atoms with Gasteiger partial charge in [-0.3, -0.25) is 0 Å². The third kappa shape index (κ3) is 2.85. The highest BCUT2D eigenvalue weighted by Crippen LogP contribution is 2.20. The Labute approximate surface area is 103 Å². The van der Waals surface area contributed by atoms with Gasteiger partial charge in [-0.15, -0.1) is 0 Å². The summed E-state index contributed by atoms with van der Waals surface area (Å²) < 4.78 is 0. The van der Waals surface area contributed by atoms with Crippen molar-refractivity contribution < 1.29 is 0 Å². The second-order valence-electron chi connectivity index (χ2n) is 4.68. The first kappa shape index (κ1) is 12.1. The van der Waals surface area contributed by atoms with Crippen molar-refractivity contribution >= 4 is 11.6 Å². The molecule has 5 nitrogen and oxygen atoms in total. The number of anilines is 2. The summed E-state index contributed by atoms with van der Waals surface area (Å²) in [6.45, 7) is 2.31. The molecule has 2 rings (SSSR count). The fourth-order valence-corrected chi connectivity index (χ4v) is 2.32. The molecule has 1 unspecified atom stereocenters. The Bertz CT molecular complexity index is 368. The number of likely N-dealkylation sites (N-methyl/N-ethyl adjacent to an activating group) is 2. The lowest BCUT2D eigenvalue weighted by atomic mass is 10.1. The molecular weight excluding hydrogens is 214 g/mol. The summed E-state index contributed by atoms with van der Waals surface area (Å²) in [5.41, 5.74) is 0. The molecule has 0 radical (unpaired) electrons. The molecule has 5 heteroatoms. The van der Waals surface area contributed by atoms with E-state index in [1.165, 1.54) is 19.4 Å². The lowest BCUT2D eigenvalue weighted by molar-refractivity contribution is 0.247. The molecule has 1 aromatic heterocycles. The number of hydrogen-bond acceptors (Lipinski definition) is 5. The molecular formula is C12H21N5. The third-order valence-electron chi connectivity index (χ3n) is 3.42. The predicted octanol–water partition coefficient (Wildman–Crippen LogP) is 1.05. The van der Waals surface area contributed by atoms with E-state index in [0.29, 0.717) is 6.04 Å². The zero-order valence-corrected chi connectivity index (χ0v) is 10.8. The maximum absolute atomic E-state index is 4.34. The van der Waals surface area contributed by atoms with E-state index in [2.05, 4.69) is 39.2 Å². The highest BCUT2D eigenvalue weighted by atomic mass is 15.2. The Kier molecular flexibility index (Phi) is 3.78. The van der Waals surface area contributed by atoms with E-state index in [-0.39, 0.29) is 0 Å². The molecule has 0 bridgehead atoms. The van der Waals surface area contributed by atoms with Gasteiger partial charge in [0.05, 0.1) is 0 Å². The number of likely N-dealkylation sites (tertiary alicyclic amines) is 1. The molecule has 1 fully saturated rings. The van der Waals surface area contributed by atoms with Gasteiger partial charge < -0.3 is 15.1 Å². The van der Waals surface area contributed by atoms with E-state index in [4.69, 9.17) is 0 Å². The molecule has 2 heterocycles. The number of hydrogen-bond donors (Lipinski definition) is 1. The second-order valence-corrected chi connectivity index (χ2v) is 4.68. The van der Waals surface area contributed by atoms with Crippen molar-refractivity contribution in [2.24, 2.45) is 0 Å². The van der Waals surface area contributed by atoms with E-state index < -0.39 is 0 Å². The van der Waals surface area contributed by atoms with Gasteiger partial charge in [-0.25, -0.2) is 9.97 Å². The van der Waals surface area contributed by atoms with Crippen LogP contribution in [0, 0.1) is 0 Å². The van der Waals surface area contributed by atoms with Crippen LogP contribution in [0.3, 0.4) is 0 Å². The monoisotopic (exact) mass is 235 g/mol. The highest BCUT2D eigenvalue weighted by molar-refractivity contribution is 5.48. The highest BCUT2D eigenvalue weighted by Gasteiger charge is 2.22. The molecule has 0 saturated carbocycles. The van der Waals surface area contributed by atoms with Crippen molar-refractivity contribution in [2.45, 2.75) is 18.9 Å². The fourth-order valence-electron chi connectivity index (χ4n) is 2.32. The molecule has 1 aromatic rings. The lowest BCUT2D eigenvalue weighted by Gasteiger charge is -2.36. The number of nitrogens with zero attached hydrogens (tertiary/aromatic N) is 4. The maximum atomic E-state index is 4.34. The fraction of sp³-hybridized carbons (Fsp3) is 0.667. The van der Waals surface area contributed by atoms with Crippen LogP contribution in [0.4, 0.5) is 11.6 Å². The minimum absolute atomic E-state index is 0.549. The molecule has 94 valence electrons. The molecule has 1 saturated heterocycles. The molecule has 0 spiro atoms. The molecule has 0 aliphatic carbocycles. The Hall–Kier alpha value is -1.36. The summed E-state index contributed by atoms with van der Waals surface area (Å²) in [4.78, 5) is 13.1. The maximum Gasteiger partial charge on any atom is 0.134 e. The smallest absolute Gasteiger partial charge is 0.134 e. The van der Waals surface area contributed by atoms with Crippen molar-refractivity contribution in [3.63, 3.8) is 0 Å². The molecule has 1 atom stereocenters. The van der Waals surface area contributed by atoms with Crippen LogP contribution in [-0.2, 0) is 0 Å². The Balaban J connectivity index is 2.09. The predicted molar refractivity (Wildman–Crippen MR) is 70.5 cm³/mol. The van der Waals surface area contributed by atoms with Gasteiger partial charge in [-0.05, 0) is 26.4 Å². The van der Waals surface area contributed by atoms with E-state index >= 15 is 0 Å². The van der Waals surface area contributed by atoms with Crippen LogP contribution in [0.25, 0.3) is 0 Å². The minimum atomic E-state index is 0.549. The normalized spacial score (nSPS) is 21.2. The van der Waals surface area contributed by atoms with E-state index in [1.54, 1.807) is 6.33 Å². The SMILES string of the molecule is CNc1cc(N(C)C2CCCN(C)C2)ncn1. The van der Waals surface area contributed by atoms with Gasteiger partial charge in [0.25, 0.3) is 0 Å². The van der Waals surface area contributed by atoms with Crippen molar-refractivity contribution in [1.82, 2.24) is 14.9 Å². The first-order chi connectivity index (χ1) is 8.20. The second kappa shape index (κ2) is 5.31. The largest absolute Gasteiger partial charge is 0.373 e. The number of aromatic nitrogens is 2. The number of nitrogens with one attached hydrogen (secondary N) is 1. The average Bonchev–Trinajstić information content (AvgIpc) is 2.38. The number of piperidine rings is 1. The first-order valence-corrected chi connectivity index (χ1v) is 6.12. The molecule has 1 aliphatic rings. The summed E-state index contributed by atoms with van der Waals surface area (Å²) >= 11 is 0. The topological polar surface area (TPSA) is 44.3 Å². The molecule has 17 heavy (non-hydrogen) atoms. The summed E-state index contributed by atoms with van der Waals surface area (Å²) in [5, 5.41) is 3.05.